The summed E-state index contributed by atoms with van der Waals surface area (Å²) in [5.74, 6) is 0.469. The molecule has 42 heavy (non-hydrogen) atoms. The summed E-state index contributed by atoms with van der Waals surface area (Å²) in [4.78, 5) is 29.3. The first-order valence-electron chi connectivity index (χ1n) is 14.6. The molecule has 0 radical (unpaired) electrons. The Morgan fingerprint density at radius 1 is 0.976 bits per heavy atom. The fourth-order valence-corrected chi connectivity index (χ4v) is 5.91. The molecule has 0 bridgehead atoms. The van der Waals surface area contributed by atoms with Crippen molar-refractivity contribution in [2.24, 2.45) is 5.92 Å². The number of nitrogens with zero attached hydrogens (tertiary/aromatic N) is 2. The number of carbonyl (C=O) groups excluding carboxylic acids is 2. The molecule has 7 nitrogen and oxygen atoms in total. The molecule has 0 unspecified atom stereocenters. The Hall–Kier alpha value is -4.10. The van der Waals surface area contributed by atoms with Crippen LogP contribution in [0.15, 0.2) is 85.1 Å². The van der Waals surface area contributed by atoms with Gasteiger partial charge in [0.2, 0.25) is 0 Å². The van der Waals surface area contributed by atoms with Gasteiger partial charge in [-0.1, -0.05) is 60.7 Å². The third kappa shape index (κ3) is 6.52. The fourth-order valence-electron chi connectivity index (χ4n) is 5.91. The first kappa shape index (κ1) is 29.4. The zero-order valence-electron chi connectivity index (χ0n) is 25.1. The van der Waals surface area contributed by atoms with E-state index in [9.17, 15) is 9.59 Å². The van der Waals surface area contributed by atoms with Crippen molar-refractivity contribution in [3.05, 3.63) is 102 Å². The van der Waals surface area contributed by atoms with Crippen LogP contribution in [0.2, 0.25) is 0 Å². The Morgan fingerprint density at radius 2 is 1.67 bits per heavy atom. The van der Waals surface area contributed by atoms with Crippen LogP contribution in [-0.4, -0.2) is 46.8 Å². The molecule has 1 aliphatic rings. The van der Waals surface area contributed by atoms with Crippen molar-refractivity contribution in [1.82, 2.24) is 9.47 Å². The lowest BCUT2D eigenvalue weighted by Crippen LogP contribution is -2.42. The van der Waals surface area contributed by atoms with Gasteiger partial charge in [-0.15, -0.1) is 0 Å². The van der Waals surface area contributed by atoms with Gasteiger partial charge in [-0.3, -0.25) is 14.3 Å². The van der Waals surface area contributed by atoms with Crippen LogP contribution < -0.4 is 4.74 Å². The number of likely N-dealkylation sites (tertiary alicyclic amines) is 1. The van der Waals surface area contributed by atoms with Gasteiger partial charge in [0.25, 0.3) is 0 Å². The number of benzene rings is 3. The second kappa shape index (κ2) is 12.4. The Labute approximate surface area is 248 Å². The normalized spacial score (nSPS) is 18.1. The van der Waals surface area contributed by atoms with Crippen molar-refractivity contribution in [1.29, 1.82) is 0 Å². The molecular weight excluding hydrogens is 528 g/mol. The Morgan fingerprint density at radius 3 is 2.33 bits per heavy atom. The van der Waals surface area contributed by atoms with Crippen molar-refractivity contribution >= 4 is 23.0 Å². The largest absolute Gasteiger partial charge is 0.497 e. The third-order valence-corrected chi connectivity index (χ3v) is 7.97. The maximum absolute atomic E-state index is 13.8. The molecule has 0 N–H and O–H groups in total. The number of esters is 1. The highest BCUT2D eigenvalue weighted by atomic mass is 16.6. The number of hydrogen-bond acceptors (Lipinski definition) is 6. The second-order valence-corrected chi connectivity index (χ2v) is 12.0. The minimum Gasteiger partial charge on any atom is -0.497 e. The van der Waals surface area contributed by atoms with E-state index in [1.165, 1.54) is 0 Å². The quantitative estimate of drug-likeness (QED) is 0.210. The van der Waals surface area contributed by atoms with Crippen LogP contribution in [0, 0.1) is 5.92 Å². The van der Waals surface area contributed by atoms with Gasteiger partial charge in [0.1, 0.15) is 24.0 Å². The Kier molecular flexibility index (Phi) is 8.69. The van der Waals surface area contributed by atoms with E-state index in [1.807, 2.05) is 93.7 Å². The van der Waals surface area contributed by atoms with Crippen LogP contribution in [0.25, 0.3) is 10.9 Å². The number of methoxy groups -OCH3 is 1. The molecule has 0 saturated carbocycles. The molecule has 3 atom stereocenters. The van der Waals surface area contributed by atoms with Gasteiger partial charge in [-0.05, 0) is 87.9 Å². The number of fused-ring (bicyclic) bond motifs is 1. The predicted molar refractivity (Wildman–Crippen MR) is 164 cm³/mol. The van der Waals surface area contributed by atoms with Crippen molar-refractivity contribution < 1.29 is 23.8 Å². The van der Waals surface area contributed by atoms with Crippen LogP contribution in [0.5, 0.6) is 5.75 Å². The molecule has 4 aromatic rings. The molecule has 0 amide bonds. The van der Waals surface area contributed by atoms with E-state index in [0.29, 0.717) is 12.2 Å². The van der Waals surface area contributed by atoms with E-state index in [2.05, 4.69) is 24.0 Å². The first-order chi connectivity index (χ1) is 20.1. The minimum absolute atomic E-state index is 0.0108. The van der Waals surface area contributed by atoms with Crippen LogP contribution in [0.4, 0.5) is 4.79 Å². The molecule has 1 aromatic heterocycles. The molecule has 0 aliphatic carbocycles. The molecular formula is C35H40N2O5. The van der Waals surface area contributed by atoms with E-state index in [-0.39, 0.29) is 24.5 Å². The minimum atomic E-state index is -0.632. The van der Waals surface area contributed by atoms with E-state index in [0.717, 1.165) is 40.6 Å². The molecule has 0 spiro atoms. The Bertz CT molecular complexity index is 1520. The van der Waals surface area contributed by atoms with Gasteiger partial charge < -0.3 is 14.2 Å². The van der Waals surface area contributed by atoms with Crippen LogP contribution >= 0.6 is 0 Å². The van der Waals surface area contributed by atoms with Crippen LogP contribution in [0.1, 0.15) is 56.8 Å². The SMILES string of the molecule is COc1ccc2c(c1)c(C[C@@H]1CCN([C@@H](C)c3ccccc3)[C@@H]1C(=O)OCc1ccccc1)cn2C(=O)OC(C)(C)C. The average molecular weight is 569 g/mol. The summed E-state index contributed by atoms with van der Waals surface area (Å²) < 4.78 is 18.7. The van der Waals surface area contributed by atoms with E-state index >= 15 is 0 Å². The zero-order valence-corrected chi connectivity index (χ0v) is 25.1. The maximum Gasteiger partial charge on any atom is 0.419 e. The molecule has 7 heteroatoms. The molecule has 5 rings (SSSR count). The van der Waals surface area contributed by atoms with Gasteiger partial charge in [-0.25, -0.2) is 4.79 Å². The lowest BCUT2D eigenvalue weighted by molar-refractivity contribution is -0.152. The summed E-state index contributed by atoms with van der Waals surface area (Å²) in [6, 6.07) is 25.3. The zero-order chi connectivity index (χ0) is 29.9. The van der Waals surface area contributed by atoms with Crippen molar-refractivity contribution in [2.45, 2.75) is 64.8 Å². The van der Waals surface area contributed by atoms with Gasteiger partial charge in [0.05, 0.1) is 12.6 Å². The number of ether oxygens (including phenoxy) is 3. The second-order valence-electron chi connectivity index (χ2n) is 12.0. The maximum atomic E-state index is 13.8. The highest BCUT2D eigenvalue weighted by Crippen LogP contribution is 2.37. The van der Waals surface area contributed by atoms with Gasteiger partial charge in [0.15, 0.2) is 0 Å². The van der Waals surface area contributed by atoms with Gasteiger partial charge in [0, 0.05) is 17.6 Å². The molecule has 2 heterocycles. The highest BCUT2D eigenvalue weighted by molar-refractivity contribution is 5.93. The van der Waals surface area contributed by atoms with Crippen molar-refractivity contribution in [3.8, 4) is 5.75 Å². The number of carbonyl (C=O) groups is 2. The van der Waals surface area contributed by atoms with E-state index in [4.69, 9.17) is 14.2 Å². The lowest BCUT2D eigenvalue weighted by atomic mass is 9.91. The molecule has 1 fully saturated rings. The summed E-state index contributed by atoms with van der Waals surface area (Å²) in [6.45, 7) is 8.70. The topological polar surface area (TPSA) is 70.0 Å². The van der Waals surface area contributed by atoms with Crippen LogP contribution in [-0.2, 0) is 27.3 Å². The standard InChI is InChI=1S/C35H40N2O5/c1-24(26-14-10-7-11-15-26)36-19-18-27(32(36)33(38)41-23-25-12-8-6-9-13-25)20-28-22-37(34(39)42-35(2,3)4)31-17-16-29(40-5)21-30(28)31/h6-17,21-22,24,27,32H,18-20,23H2,1-5H3/t24-,27-,32-/m0/s1. The summed E-state index contributed by atoms with van der Waals surface area (Å²) in [6.07, 6.45) is 2.84. The molecule has 1 saturated heterocycles. The van der Waals surface area contributed by atoms with Gasteiger partial charge in [-0.2, -0.15) is 0 Å². The van der Waals surface area contributed by atoms with E-state index in [1.54, 1.807) is 11.7 Å². The lowest BCUT2D eigenvalue weighted by Gasteiger charge is -2.32. The van der Waals surface area contributed by atoms with Crippen molar-refractivity contribution in [2.75, 3.05) is 13.7 Å². The molecule has 220 valence electrons. The third-order valence-electron chi connectivity index (χ3n) is 7.97. The van der Waals surface area contributed by atoms with Crippen LogP contribution in [0.3, 0.4) is 0 Å². The molecule has 3 aromatic carbocycles. The Balaban J connectivity index is 1.47. The number of hydrogen-bond donors (Lipinski definition) is 0. The summed E-state index contributed by atoms with van der Waals surface area (Å²) in [5.41, 5.74) is 3.19. The fraction of sp³-hybridized carbons (Fsp3) is 0.371. The number of aromatic nitrogens is 1. The van der Waals surface area contributed by atoms with Crippen molar-refractivity contribution in [3.63, 3.8) is 0 Å². The first-order valence-corrected chi connectivity index (χ1v) is 14.6. The smallest absolute Gasteiger partial charge is 0.419 e. The molecule has 1 aliphatic heterocycles. The number of rotatable bonds is 8. The van der Waals surface area contributed by atoms with E-state index < -0.39 is 17.7 Å². The summed E-state index contributed by atoms with van der Waals surface area (Å²) >= 11 is 0. The summed E-state index contributed by atoms with van der Waals surface area (Å²) in [7, 11) is 1.63. The average Bonchev–Trinajstić information content (AvgIpc) is 3.57. The monoisotopic (exact) mass is 568 g/mol. The summed E-state index contributed by atoms with van der Waals surface area (Å²) in [5, 5.41) is 0.908. The predicted octanol–water partition coefficient (Wildman–Crippen LogP) is 7.17. The van der Waals surface area contributed by atoms with Gasteiger partial charge >= 0.3 is 12.1 Å². The highest BCUT2D eigenvalue weighted by Gasteiger charge is 2.43.